The smallest absolute Gasteiger partial charge is 0.242 e. The molecule has 1 saturated heterocycles. The van der Waals surface area contributed by atoms with E-state index in [1.165, 1.54) is 11.8 Å². The third-order valence-corrected chi connectivity index (χ3v) is 6.17. The van der Waals surface area contributed by atoms with Gasteiger partial charge in [-0.2, -0.15) is 0 Å². The second kappa shape index (κ2) is 8.03. The molecule has 2 aromatic rings. The number of hydrogen-bond acceptors (Lipinski definition) is 4. The summed E-state index contributed by atoms with van der Waals surface area (Å²) in [6.07, 6.45) is 2.15. The van der Waals surface area contributed by atoms with E-state index >= 15 is 0 Å². The summed E-state index contributed by atoms with van der Waals surface area (Å²) in [6, 6.07) is 14.0. The number of benzene rings is 2. The molecule has 0 bridgehead atoms. The number of hydrogen-bond donors (Lipinski definition) is 1. The molecular weight excluding hydrogens is 382 g/mol. The zero-order valence-corrected chi connectivity index (χ0v) is 17.8. The van der Waals surface area contributed by atoms with E-state index in [-0.39, 0.29) is 24.3 Å². The molecular formula is C23H25N3O2S. The first-order valence-electron chi connectivity index (χ1n) is 9.92. The van der Waals surface area contributed by atoms with Gasteiger partial charge in [-0.05, 0) is 69.0 Å². The maximum absolute atomic E-state index is 13.0. The first kappa shape index (κ1) is 19.7. The summed E-state index contributed by atoms with van der Waals surface area (Å²) in [6.45, 7) is 6.09. The Hall–Kier alpha value is -2.60. The van der Waals surface area contributed by atoms with Gasteiger partial charge in [0.05, 0.1) is 5.69 Å². The van der Waals surface area contributed by atoms with Crippen LogP contribution in [0.3, 0.4) is 0 Å². The van der Waals surface area contributed by atoms with Crippen LogP contribution in [-0.4, -0.2) is 33.2 Å². The number of carbonyl (C=O) groups is 2. The Morgan fingerprint density at radius 2 is 1.72 bits per heavy atom. The topological polar surface area (TPSA) is 61.8 Å². The molecule has 5 nitrogen and oxygen atoms in total. The highest BCUT2D eigenvalue weighted by Gasteiger charge is 2.46. The molecule has 1 heterocycles. The molecule has 1 unspecified atom stereocenters. The van der Waals surface area contributed by atoms with Gasteiger partial charge in [0.15, 0.2) is 5.17 Å². The SMILES string of the molecule is Cc1ccc(NC(=O)CC2SC(=Nc3cc(C)cc(C)c3)N(C3CC3)C2=O)cc1. The fraction of sp³-hybridized carbons (Fsp3) is 0.348. The highest BCUT2D eigenvalue weighted by Crippen LogP contribution is 2.39. The predicted molar refractivity (Wildman–Crippen MR) is 119 cm³/mol. The first-order valence-corrected chi connectivity index (χ1v) is 10.8. The van der Waals surface area contributed by atoms with Crippen LogP contribution in [0.2, 0.25) is 0 Å². The van der Waals surface area contributed by atoms with E-state index in [2.05, 4.69) is 11.4 Å². The molecule has 2 aromatic carbocycles. The minimum Gasteiger partial charge on any atom is -0.326 e. The number of nitrogens with zero attached hydrogens (tertiary/aromatic N) is 2. The van der Waals surface area contributed by atoms with E-state index in [9.17, 15) is 9.59 Å². The van der Waals surface area contributed by atoms with Crippen molar-refractivity contribution in [3.63, 3.8) is 0 Å². The van der Waals surface area contributed by atoms with Crippen molar-refractivity contribution in [3.05, 3.63) is 59.2 Å². The van der Waals surface area contributed by atoms with Crippen LogP contribution in [0.25, 0.3) is 0 Å². The van der Waals surface area contributed by atoms with Crippen molar-refractivity contribution in [1.29, 1.82) is 0 Å². The molecule has 1 atom stereocenters. The molecule has 0 aromatic heterocycles. The second-order valence-corrected chi connectivity index (χ2v) is 9.07. The lowest BCUT2D eigenvalue weighted by Gasteiger charge is -2.15. The number of amides is 2. The Labute approximate surface area is 175 Å². The van der Waals surface area contributed by atoms with Crippen LogP contribution >= 0.6 is 11.8 Å². The fourth-order valence-electron chi connectivity index (χ4n) is 3.50. The van der Waals surface area contributed by atoms with Crippen molar-refractivity contribution in [2.45, 2.75) is 51.3 Å². The summed E-state index contributed by atoms with van der Waals surface area (Å²) >= 11 is 1.41. The highest BCUT2D eigenvalue weighted by molar-refractivity contribution is 8.15. The van der Waals surface area contributed by atoms with Crippen LogP contribution in [0.5, 0.6) is 0 Å². The number of thioether (sulfide) groups is 1. The monoisotopic (exact) mass is 407 g/mol. The van der Waals surface area contributed by atoms with Gasteiger partial charge in [0.2, 0.25) is 11.8 Å². The summed E-state index contributed by atoms with van der Waals surface area (Å²) < 4.78 is 0. The van der Waals surface area contributed by atoms with Gasteiger partial charge in [-0.3, -0.25) is 14.5 Å². The molecule has 6 heteroatoms. The number of aliphatic imine (C=N–C) groups is 1. The third-order valence-electron chi connectivity index (χ3n) is 5.02. The zero-order chi connectivity index (χ0) is 20.5. The van der Waals surface area contributed by atoms with Crippen molar-refractivity contribution in [2.24, 2.45) is 4.99 Å². The molecule has 1 saturated carbocycles. The largest absolute Gasteiger partial charge is 0.326 e. The minimum atomic E-state index is -0.425. The Morgan fingerprint density at radius 1 is 1.07 bits per heavy atom. The Balaban J connectivity index is 1.50. The second-order valence-electron chi connectivity index (χ2n) is 7.90. The van der Waals surface area contributed by atoms with Gasteiger partial charge in [-0.15, -0.1) is 0 Å². The van der Waals surface area contributed by atoms with Gasteiger partial charge in [-0.1, -0.05) is 35.5 Å². The number of rotatable bonds is 5. The minimum absolute atomic E-state index is 0.000295. The molecule has 29 heavy (non-hydrogen) atoms. The molecule has 0 spiro atoms. The van der Waals surface area contributed by atoms with E-state index < -0.39 is 5.25 Å². The van der Waals surface area contributed by atoms with Gasteiger partial charge in [0, 0.05) is 18.2 Å². The fourth-order valence-corrected chi connectivity index (χ4v) is 4.72. The number of aryl methyl sites for hydroxylation is 3. The van der Waals surface area contributed by atoms with Gasteiger partial charge >= 0.3 is 0 Å². The Kier molecular flexibility index (Phi) is 5.46. The summed E-state index contributed by atoms with van der Waals surface area (Å²) in [4.78, 5) is 32.1. The molecule has 1 N–H and O–H groups in total. The van der Waals surface area contributed by atoms with E-state index in [1.807, 2.05) is 62.1 Å². The number of amidine groups is 1. The molecule has 2 amide bonds. The maximum atomic E-state index is 13.0. The molecule has 4 rings (SSSR count). The quantitative estimate of drug-likeness (QED) is 0.779. The molecule has 0 radical (unpaired) electrons. The van der Waals surface area contributed by atoms with E-state index in [0.717, 1.165) is 46.1 Å². The van der Waals surface area contributed by atoms with Crippen molar-refractivity contribution >= 4 is 40.1 Å². The van der Waals surface area contributed by atoms with E-state index in [0.29, 0.717) is 0 Å². The third kappa shape index (κ3) is 4.70. The van der Waals surface area contributed by atoms with Crippen molar-refractivity contribution in [2.75, 3.05) is 5.32 Å². The summed E-state index contributed by atoms with van der Waals surface area (Å²) in [7, 11) is 0. The lowest BCUT2D eigenvalue weighted by molar-refractivity contribution is -0.128. The average Bonchev–Trinajstić information content (AvgIpc) is 3.42. The molecule has 1 aliphatic carbocycles. The standard InChI is InChI=1S/C23H25N3O2S/c1-14-4-6-17(7-5-14)24-21(27)13-20-22(28)26(19-8-9-19)23(29-20)25-18-11-15(2)10-16(3)12-18/h4-7,10-12,19-20H,8-9,13H2,1-3H3,(H,24,27). The van der Waals surface area contributed by atoms with Crippen LogP contribution < -0.4 is 5.32 Å². The number of carbonyl (C=O) groups excluding carboxylic acids is 2. The average molecular weight is 408 g/mol. The normalized spacial score (nSPS) is 20.4. The molecule has 2 fully saturated rings. The van der Waals surface area contributed by atoms with Gasteiger partial charge < -0.3 is 5.32 Å². The zero-order valence-electron chi connectivity index (χ0n) is 16.9. The van der Waals surface area contributed by atoms with E-state index in [4.69, 9.17) is 4.99 Å². The Morgan fingerprint density at radius 3 is 2.34 bits per heavy atom. The highest BCUT2D eigenvalue weighted by atomic mass is 32.2. The van der Waals surface area contributed by atoms with Crippen LogP contribution in [0.4, 0.5) is 11.4 Å². The molecule has 1 aliphatic heterocycles. The summed E-state index contributed by atoms with van der Waals surface area (Å²) in [5, 5.41) is 3.19. The lowest BCUT2D eigenvalue weighted by Crippen LogP contribution is -2.35. The first-order chi connectivity index (χ1) is 13.9. The summed E-state index contributed by atoms with van der Waals surface area (Å²) in [5.74, 6) is -0.150. The predicted octanol–water partition coefficient (Wildman–Crippen LogP) is 4.73. The molecule has 150 valence electrons. The molecule has 2 aliphatic rings. The lowest BCUT2D eigenvalue weighted by atomic mass is 10.1. The number of anilines is 1. The maximum Gasteiger partial charge on any atom is 0.242 e. The van der Waals surface area contributed by atoms with Crippen molar-refractivity contribution < 1.29 is 9.59 Å². The van der Waals surface area contributed by atoms with Gasteiger partial charge in [-0.25, -0.2) is 4.99 Å². The van der Waals surface area contributed by atoms with E-state index in [1.54, 1.807) is 0 Å². The van der Waals surface area contributed by atoms with Crippen molar-refractivity contribution in [1.82, 2.24) is 4.90 Å². The summed E-state index contributed by atoms with van der Waals surface area (Å²) in [5.41, 5.74) is 5.03. The Bertz CT molecular complexity index is 960. The van der Waals surface area contributed by atoms with Crippen LogP contribution in [0.1, 0.15) is 36.0 Å². The van der Waals surface area contributed by atoms with Gasteiger partial charge in [0.25, 0.3) is 0 Å². The van der Waals surface area contributed by atoms with Crippen LogP contribution in [-0.2, 0) is 9.59 Å². The van der Waals surface area contributed by atoms with Crippen LogP contribution in [0, 0.1) is 20.8 Å². The van der Waals surface area contributed by atoms with Crippen molar-refractivity contribution in [3.8, 4) is 0 Å². The number of nitrogens with one attached hydrogen (secondary N) is 1. The van der Waals surface area contributed by atoms with Gasteiger partial charge in [0.1, 0.15) is 5.25 Å². The van der Waals surface area contributed by atoms with Crippen LogP contribution in [0.15, 0.2) is 47.5 Å².